The first-order chi connectivity index (χ1) is 8.01. The predicted molar refractivity (Wildman–Crippen MR) is 97.8 cm³/mol. The summed E-state index contributed by atoms with van der Waals surface area (Å²) in [6.45, 7) is 19.6. The van der Waals surface area contributed by atoms with Gasteiger partial charge in [0.05, 0.1) is 0 Å². The number of hydrogen-bond acceptors (Lipinski definition) is 1. The zero-order valence-corrected chi connectivity index (χ0v) is 19.6. The Labute approximate surface area is 144 Å². The maximum atomic E-state index is 4.21. The van der Waals surface area contributed by atoms with E-state index in [0.717, 1.165) is 0 Å². The van der Waals surface area contributed by atoms with Crippen LogP contribution in [0.2, 0.25) is 16.2 Å². The molecule has 0 radical (unpaired) electrons. The summed E-state index contributed by atoms with van der Waals surface area (Å²) in [5.41, 5.74) is 0.240. The number of hydrogen-bond donors (Lipinski definition) is 1. The average Bonchev–Trinajstić information content (AvgIpc) is 2.62. The predicted octanol–water partition coefficient (Wildman–Crippen LogP) is 5.33. The first-order valence-corrected chi connectivity index (χ1v) is 18.0. The molecule has 1 nitrogen and oxygen atoms in total. The van der Waals surface area contributed by atoms with Crippen molar-refractivity contribution in [2.24, 2.45) is 0 Å². The van der Waals surface area contributed by atoms with E-state index in [1.165, 1.54) is 6.42 Å². The summed E-state index contributed by atoms with van der Waals surface area (Å²) in [6, 6.07) is 0. The first kappa shape index (κ1) is 23.4. The van der Waals surface area contributed by atoms with Gasteiger partial charge >= 0.3 is 120 Å². The largest absolute Gasteiger partial charge is 0.147 e. The Kier molecular flexibility index (Phi) is 9.48. The summed E-state index contributed by atoms with van der Waals surface area (Å²) in [4.78, 5) is 0. The molecule has 0 amide bonds. The Morgan fingerprint density at radius 2 is 1.55 bits per heavy atom. The minimum atomic E-state index is -2.50. The van der Waals surface area contributed by atoms with Crippen LogP contribution in [0, 0.1) is 0 Å². The van der Waals surface area contributed by atoms with Gasteiger partial charge in [-0.25, -0.2) is 0 Å². The fourth-order valence-electron chi connectivity index (χ4n) is 3.46. The average molecular weight is 418 g/mol. The van der Waals surface area contributed by atoms with Crippen LogP contribution in [0.3, 0.4) is 0 Å². The van der Waals surface area contributed by atoms with Crippen LogP contribution in [-0.4, -0.2) is 11.5 Å². The molecule has 0 heterocycles. The molecule has 20 heavy (non-hydrogen) atoms. The topological polar surface area (TPSA) is 12.0 Å². The van der Waals surface area contributed by atoms with Crippen molar-refractivity contribution in [3.63, 3.8) is 0 Å². The summed E-state index contributed by atoms with van der Waals surface area (Å²) >= 11 is -2.50. The van der Waals surface area contributed by atoms with Gasteiger partial charge in [0.15, 0.2) is 0 Å². The van der Waals surface area contributed by atoms with Gasteiger partial charge in [0.25, 0.3) is 0 Å². The maximum absolute atomic E-state index is 4.21. The Balaban J connectivity index is 0. The van der Waals surface area contributed by atoms with Gasteiger partial charge in [-0.1, -0.05) is 0 Å². The summed E-state index contributed by atoms with van der Waals surface area (Å²) < 4.78 is 6.47. The van der Waals surface area contributed by atoms with Crippen molar-refractivity contribution in [1.29, 1.82) is 0 Å². The molecule has 0 aromatic rings. The molecule has 1 unspecified atom stereocenters. The van der Waals surface area contributed by atoms with Gasteiger partial charge in [0.2, 0.25) is 0 Å². The molecular formula is C15H33Cl2NSiZr. The van der Waals surface area contributed by atoms with E-state index in [0.29, 0.717) is 3.12 Å². The molecule has 1 aliphatic rings. The number of halogens is 2. The maximum Gasteiger partial charge on any atom is -0.147 e. The van der Waals surface area contributed by atoms with E-state index in [9.17, 15) is 0 Å². The van der Waals surface area contributed by atoms with E-state index >= 15 is 0 Å². The zero-order valence-electron chi connectivity index (χ0n) is 14.3. The van der Waals surface area contributed by atoms with E-state index < -0.39 is 25.6 Å². The van der Waals surface area contributed by atoms with Crippen LogP contribution in [0.4, 0.5) is 0 Å². The van der Waals surface area contributed by atoms with Crippen LogP contribution < -0.4 is 3.26 Å². The quantitative estimate of drug-likeness (QED) is 0.612. The second-order valence-electron chi connectivity index (χ2n) is 7.91. The zero-order chi connectivity index (χ0) is 14.2. The Morgan fingerprint density at radius 1 is 1.05 bits per heavy atom. The summed E-state index contributed by atoms with van der Waals surface area (Å²) in [6.07, 6.45) is 8.26. The fraction of sp³-hybridized carbons (Fsp3) is 0.733. The SMILES string of the molecule is C[SiH](C)[Zr]([NH]C(C)(C)C)([C]1=CC=CC1)[C](C)(C)C.Cl.Cl. The van der Waals surface area contributed by atoms with Crippen molar-refractivity contribution in [3.05, 3.63) is 21.5 Å². The Morgan fingerprint density at radius 3 is 1.80 bits per heavy atom. The van der Waals surface area contributed by atoms with Crippen LogP contribution in [0.25, 0.3) is 0 Å². The Hall–Kier alpha value is 1.12. The second-order valence-corrected chi connectivity index (χ2v) is 33.7. The smallest absolute Gasteiger partial charge is 0.147 e. The minimum Gasteiger partial charge on any atom is -0.147 e. The summed E-state index contributed by atoms with van der Waals surface area (Å²) in [7, 11) is 0. The molecule has 1 atom stereocenters. The third-order valence-electron chi connectivity index (χ3n) is 3.90. The van der Waals surface area contributed by atoms with Gasteiger partial charge in [-0.05, 0) is 0 Å². The molecule has 1 N–H and O–H groups in total. The van der Waals surface area contributed by atoms with Crippen molar-refractivity contribution in [1.82, 2.24) is 3.26 Å². The Bertz CT molecular complexity index is 367. The molecular weight excluding hydrogens is 384 g/mol. The molecule has 5 heteroatoms. The first-order valence-electron chi connectivity index (χ1n) is 7.16. The van der Waals surface area contributed by atoms with Crippen LogP contribution in [0.1, 0.15) is 48.0 Å². The van der Waals surface area contributed by atoms with Crippen molar-refractivity contribution >= 4 is 30.7 Å². The van der Waals surface area contributed by atoms with E-state index in [1.54, 1.807) is 3.28 Å². The second kappa shape index (κ2) is 8.11. The molecule has 0 aromatic carbocycles. The number of nitrogens with one attached hydrogen (secondary N) is 1. The molecule has 0 aromatic heterocycles. The number of allylic oxidation sites excluding steroid dienone is 4. The third kappa shape index (κ3) is 5.09. The molecule has 0 fully saturated rings. The van der Waals surface area contributed by atoms with Gasteiger partial charge in [-0.15, -0.1) is 24.8 Å². The standard InChI is InChI=1S/C5H5.C4H10N.C4H9.C2H7Si.2ClH.Zr/c1-2-4-5-3-1;1-4(2,3)5;1-4(2)3;1-3-2;;;/h1-3H,4H2;5H,1-3H3;1-3H3;3H,1-2H3;2*1H;/q;-1;;;;;+1. The molecule has 1 rings (SSSR count). The van der Waals surface area contributed by atoms with E-state index in [2.05, 4.69) is 76.1 Å². The van der Waals surface area contributed by atoms with E-state index in [-0.39, 0.29) is 30.4 Å². The molecule has 0 saturated carbocycles. The van der Waals surface area contributed by atoms with Crippen LogP contribution in [0.15, 0.2) is 21.5 Å². The van der Waals surface area contributed by atoms with Crippen molar-refractivity contribution < 1.29 is 19.7 Å². The van der Waals surface area contributed by atoms with Gasteiger partial charge in [0.1, 0.15) is 0 Å². The molecule has 0 saturated heterocycles. The molecule has 0 spiro atoms. The van der Waals surface area contributed by atoms with Gasteiger partial charge in [0, 0.05) is 0 Å². The van der Waals surface area contributed by atoms with Gasteiger partial charge in [-0.3, -0.25) is 0 Å². The van der Waals surface area contributed by atoms with E-state index in [4.69, 9.17) is 0 Å². The third-order valence-corrected chi connectivity index (χ3v) is 38.6. The van der Waals surface area contributed by atoms with Crippen molar-refractivity contribution in [2.45, 2.75) is 69.7 Å². The number of rotatable bonds is 3. The van der Waals surface area contributed by atoms with Crippen molar-refractivity contribution in [2.75, 3.05) is 0 Å². The summed E-state index contributed by atoms with van der Waals surface area (Å²) in [5.74, 6) is -0.709. The molecule has 1 aliphatic carbocycles. The van der Waals surface area contributed by atoms with Crippen LogP contribution >= 0.6 is 24.8 Å². The van der Waals surface area contributed by atoms with Crippen LogP contribution in [0.5, 0.6) is 0 Å². The molecule has 120 valence electrons. The van der Waals surface area contributed by atoms with E-state index in [1.807, 2.05) is 0 Å². The fourth-order valence-corrected chi connectivity index (χ4v) is 39.0. The molecule has 0 bridgehead atoms. The normalized spacial score (nSPS) is 18.1. The minimum absolute atomic E-state index is 0. The van der Waals surface area contributed by atoms with Gasteiger partial charge < -0.3 is 0 Å². The van der Waals surface area contributed by atoms with Crippen molar-refractivity contribution in [3.8, 4) is 0 Å². The monoisotopic (exact) mass is 415 g/mol. The van der Waals surface area contributed by atoms with Crippen LogP contribution in [-0.2, 0) is 19.7 Å². The summed E-state index contributed by atoms with van der Waals surface area (Å²) in [5, 5.41) is 0. The van der Waals surface area contributed by atoms with Gasteiger partial charge in [-0.2, -0.15) is 0 Å². The molecule has 0 aliphatic heterocycles.